The van der Waals surface area contributed by atoms with E-state index in [4.69, 9.17) is 15.1 Å². The van der Waals surface area contributed by atoms with E-state index in [1.807, 2.05) is 55.9 Å². The van der Waals surface area contributed by atoms with E-state index in [1.54, 1.807) is 19.0 Å². The highest BCUT2D eigenvalue weighted by Gasteiger charge is 2.23. The third-order valence-corrected chi connectivity index (χ3v) is 7.15. The van der Waals surface area contributed by atoms with Crippen LogP contribution in [0, 0.1) is 5.41 Å². The summed E-state index contributed by atoms with van der Waals surface area (Å²) in [5, 5.41) is 11.3. The smallest absolute Gasteiger partial charge is 0.275 e. The van der Waals surface area contributed by atoms with Gasteiger partial charge in [-0.25, -0.2) is 9.29 Å². The van der Waals surface area contributed by atoms with Gasteiger partial charge in [0.1, 0.15) is 23.0 Å². The van der Waals surface area contributed by atoms with Crippen LogP contribution < -0.4 is 15.6 Å². The standard InChI is InChI=1S/C26H39N7O3S/c1-6-8-20(27)23-24(28-3)26(35)30-25(29-23)19-17-18(9-10-21(19)36-7-2)37-33-15-13-32(14-16-33)22(34)11-12-31(4)5/h9-10,17,27-28H,6-8,11-16H2,1-5H3,(H,29,30,35). The molecular weight excluding hydrogens is 490 g/mol. The van der Waals surface area contributed by atoms with E-state index in [-0.39, 0.29) is 11.5 Å². The summed E-state index contributed by atoms with van der Waals surface area (Å²) >= 11 is 1.62. The molecule has 10 nitrogen and oxygen atoms in total. The van der Waals surface area contributed by atoms with Crippen molar-refractivity contribution >= 4 is 29.3 Å². The predicted octanol–water partition coefficient (Wildman–Crippen LogP) is 3.15. The molecule has 0 radical (unpaired) electrons. The van der Waals surface area contributed by atoms with Gasteiger partial charge in [-0.05, 0) is 57.6 Å². The molecule has 0 saturated carbocycles. The lowest BCUT2D eigenvalue weighted by Gasteiger charge is -2.34. The highest BCUT2D eigenvalue weighted by atomic mass is 32.2. The molecule has 37 heavy (non-hydrogen) atoms. The van der Waals surface area contributed by atoms with Crippen molar-refractivity contribution in [3.63, 3.8) is 0 Å². The summed E-state index contributed by atoms with van der Waals surface area (Å²) in [6, 6.07) is 5.86. The Kier molecular flexibility index (Phi) is 10.5. The van der Waals surface area contributed by atoms with Gasteiger partial charge in [0.15, 0.2) is 0 Å². The Morgan fingerprint density at radius 1 is 1.22 bits per heavy atom. The molecule has 3 N–H and O–H groups in total. The number of ether oxygens (including phenoxy) is 1. The number of hydrogen-bond acceptors (Lipinski definition) is 9. The van der Waals surface area contributed by atoms with Gasteiger partial charge in [-0.2, -0.15) is 0 Å². The van der Waals surface area contributed by atoms with Gasteiger partial charge in [0.05, 0.1) is 17.9 Å². The van der Waals surface area contributed by atoms with Crippen molar-refractivity contribution in [3.05, 3.63) is 34.2 Å². The van der Waals surface area contributed by atoms with Crippen molar-refractivity contribution in [3.8, 4) is 17.1 Å². The molecule has 2 heterocycles. The van der Waals surface area contributed by atoms with Gasteiger partial charge >= 0.3 is 0 Å². The number of carbonyl (C=O) groups excluding carboxylic acids is 1. The van der Waals surface area contributed by atoms with Crippen LogP contribution >= 0.6 is 11.9 Å². The van der Waals surface area contributed by atoms with Gasteiger partial charge in [0.2, 0.25) is 5.91 Å². The Morgan fingerprint density at radius 3 is 2.57 bits per heavy atom. The molecule has 11 heteroatoms. The lowest BCUT2D eigenvalue weighted by atomic mass is 10.1. The zero-order chi connectivity index (χ0) is 26.9. The fourth-order valence-electron chi connectivity index (χ4n) is 4.11. The number of aromatic amines is 1. The number of amides is 1. The van der Waals surface area contributed by atoms with Gasteiger partial charge in [-0.3, -0.25) is 9.59 Å². The molecule has 1 aliphatic rings. The first-order valence-corrected chi connectivity index (χ1v) is 13.6. The molecule has 2 aromatic rings. The SMILES string of the molecule is CCCC(=N)c1nc(-c2cc(SN3CCN(C(=O)CCN(C)C)CC3)ccc2OCC)[nH]c(=O)c1NC. The van der Waals surface area contributed by atoms with Crippen LogP contribution in [-0.2, 0) is 4.79 Å². The minimum absolute atomic E-state index is 0.200. The van der Waals surface area contributed by atoms with E-state index < -0.39 is 0 Å². The van der Waals surface area contributed by atoms with Gasteiger partial charge in [-0.1, -0.05) is 13.3 Å². The van der Waals surface area contributed by atoms with Gasteiger partial charge in [0.25, 0.3) is 5.56 Å². The Bertz CT molecular complexity index is 1140. The number of rotatable bonds is 12. The summed E-state index contributed by atoms with van der Waals surface area (Å²) in [5.41, 5.74) is 1.33. The zero-order valence-corrected chi connectivity index (χ0v) is 23.3. The quantitative estimate of drug-likeness (QED) is 0.284. The van der Waals surface area contributed by atoms with Crippen LogP contribution in [0.3, 0.4) is 0 Å². The fourth-order valence-corrected chi connectivity index (χ4v) is 5.05. The maximum absolute atomic E-state index is 12.9. The van der Waals surface area contributed by atoms with Crippen LogP contribution in [-0.4, -0.2) is 96.2 Å². The molecule has 0 bridgehead atoms. The molecule has 0 spiro atoms. The van der Waals surface area contributed by atoms with Crippen LogP contribution in [0.2, 0.25) is 0 Å². The van der Waals surface area contributed by atoms with Crippen LogP contribution in [0.15, 0.2) is 27.9 Å². The predicted molar refractivity (Wildman–Crippen MR) is 150 cm³/mol. The summed E-state index contributed by atoms with van der Waals surface area (Å²) in [6.45, 7) is 8.08. The van der Waals surface area contributed by atoms with E-state index >= 15 is 0 Å². The van der Waals surface area contributed by atoms with E-state index in [0.29, 0.717) is 66.8 Å². The van der Waals surface area contributed by atoms with Crippen LogP contribution in [0.5, 0.6) is 5.75 Å². The number of H-pyrrole nitrogens is 1. The lowest BCUT2D eigenvalue weighted by molar-refractivity contribution is -0.132. The lowest BCUT2D eigenvalue weighted by Crippen LogP contribution is -2.46. The molecule has 1 aliphatic heterocycles. The molecule has 0 aliphatic carbocycles. The maximum Gasteiger partial charge on any atom is 0.275 e. The second-order valence-corrected chi connectivity index (χ2v) is 10.3. The van der Waals surface area contributed by atoms with Crippen LogP contribution in [0.1, 0.15) is 38.8 Å². The maximum atomic E-state index is 12.9. The number of piperazine rings is 1. The molecule has 3 rings (SSSR count). The van der Waals surface area contributed by atoms with E-state index in [9.17, 15) is 9.59 Å². The topological polar surface area (TPSA) is 118 Å². The second-order valence-electron chi connectivity index (χ2n) is 9.16. The zero-order valence-electron chi connectivity index (χ0n) is 22.5. The average molecular weight is 530 g/mol. The van der Waals surface area contributed by atoms with Crippen molar-refractivity contribution < 1.29 is 9.53 Å². The molecule has 1 amide bonds. The van der Waals surface area contributed by atoms with E-state index in [0.717, 1.165) is 31.0 Å². The first kappa shape index (κ1) is 28.7. The summed E-state index contributed by atoms with van der Waals surface area (Å²) in [6.07, 6.45) is 1.86. The normalized spacial score (nSPS) is 14.2. The molecule has 202 valence electrons. The molecule has 1 fully saturated rings. The van der Waals surface area contributed by atoms with E-state index in [2.05, 4.69) is 14.6 Å². The van der Waals surface area contributed by atoms with Gasteiger partial charge < -0.3 is 30.2 Å². The number of carbonyl (C=O) groups is 1. The molecule has 1 saturated heterocycles. The first-order chi connectivity index (χ1) is 17.8. The Hall–Kier alpha value is -2.89. The summed E-state index contributed by atoms with van der Waals surface area (Å²) in [7, 11) is 5.61. The highest BCUT2D eigenvalue weighted by molar-refractivity contribution is 7.97. The highest BCUT2D eigenvalue weighted by Crippen LogP contribution is 2.34. The molecule has 1 aromatic heterocycles. The Labute approximate surface area is 223 Å². The fraction of sp³-hybridized carbons (Fsp3) is 0.538. The largest absolute Gasteiger partial charge is 0.493 e. The number of nitrogens with zero attached hydrogens (tertiary/aromatic N) is 4. The monoisotopic (exact) mass is 529 g/mol. The third kappa shape index (κ3) is 7.56. The molecular formula is C26H39N7O3S. The third-order valence-electron chi connectivity index (χ3n) is 6.06. The number of anilines is 1. The number of nitrogens with one attached hydrogen (secondary N) is 3. The number of aromatic nitrogens is 2. The van der Waals surface area contributed by atoms with Crippen molar-refractivity contribution in [2.45, 2.75) is 38.0 Å². The second kappa shape index (κ2) is 13.6. The molecule has 0 atom stereocenters. The van der Waals surface area contributed by atoms with Crippen LogP contribution in [0.4, 0.5) is 5.69 Å². The number of hydrogen-bond donors (Lipinski definition) is 3. The average Bonchev–Trinajstić information content (AvgIpc) is 2.88. The summed E-state index contributed by atoms with van der Waals surface area (Å²) in [4.78, 5) is 37.8. The Morgan fingerprint density at radius 2 is 1.95 bits per heavy atom. The van der Waals surface area contributed by atoms with E-state index in [1.165, 1.54) is 0 Å². The molecule has 0 unspecified atom stereocenters. The molecule has 1 aromatic carbocycles. The van der Waals surface area contributed by atoms with Gasteiger partial charge in [-0.15, -0.1) is 0 Å². The minimum Gasteiger partial charge on any atom is -0.493 e. The minimum atomic E-state index is -0.320. The Balaban J connectivity index is 1.82. The van der Waals surface area contributed by atoms with Crippen LogP contribution in [0.25, 0.3) is 11.4 Å². The number of benzene rings is 1. The van der Waals surface area contributed by atoms with Crippen molar-refractivity contribution in [1.82, 2.24) is 24.1 Å². The van der Waals surface area contributed by atoms with Crippen molar-refractivity contribution in [1.29, 1.82) is 5.41 Å². The summed E-state index contributed by atoms with van der Waals surface area (Å²) < 4.78 is 8.11. The summed E-state index contributed by atoms with van der Waals surface area (Å²) in [5.74, 6) is 1.20. The van der Waals surface area contributed by atoms with Gasteiger partial charge in [0, 0.05) is 51.1 Å². The van der Waals surface area contributed by atoms with Crippen molar-refractivity contribution in [2.75, 3.05) is 65.8 Å². The first-order valence-electron chi connectivity index (χ1n) is 12.8. The van der Waals surface area contributed by atoms with Crippen molar-refractivity contribution in [2.24, 2.45) is 0 Å².